The van der Waals surface area contributed by atoms with E-state index in [4.69, 9.17) is 9.47 Å². The van der Waals surface area contributed by atoms with Gasteiger partial charge in [0, 0.05) is 6.04 Å². The fourth-order valence-corrected chi connectivity index (χ4v) is 3.48. The first kappa shape index (κ1) is 16.8. The zero-order valence-electron chi connectivity index (χ0n) is 14.9. The van der Waals surface area contributed by atoms with Gasteiger partial charge in [0.15, 0.2) is 11.5 Å². The Labute approximate surface area is 145 Å². The topological polar surface area (TPSA) is 21.7 Å². The summed E-state index contributed by atoms with van der Waals surface area (Å²) in [7, 11) is 3.34. The number of ether oxygens (including phenoxy) is 2. The summed E-state index contributed by atoms with van der Waals surface area (Å²) in [6.45, 7) is 4.78. The zero-order chi connectivity index (χ0) is 16.9. The standard InChI is InChI=1S/C21H27NO2/c1-16(22-12-4-5-13-22)19-9-6-17(7-10-19)14-18-8-11-20(23-2)21(15-18)24-3/h6-11,15-16H,4-5,12-14H2,1-3H3. The largest absolute Gasteiger partial charge is 0.493 e. The van der Waals surface area contributed by atoms with Crippen molar-refractivity contribution >= 4 is 0 Å². The van der Waals surface area contributed by atoms with E-state index in [1.807, 2.05) is 6.07 Å². The normalized spacial score (nSPS) is 16.1. The lowest BCUT2D eigenvalue weighted by Gasteiger charge is -2.24. The first-order valence-electron chi connectivity index (χ1n) is 8.75. The number of methoxy groups -OCH3 is 2. The Morgan fingerprint density at radius 3 is 2.12 bits per heavy atom. The third-order valence-corrected chi connectivity index (χ3v) is 5.01. The van der Waals surface area contributed by atoms with Gasteiger partial charge in [0.25, 0.3) is 0 Å². The quantitative estimate of drug-likeness (QED) is 0.783. The van der Waals surface area contributed by atoms with Crippen molar-refractivity contribution < 1.29 is 9.47 Å². The van der Waals surface area contributed by atoms with Gasteiger partial charge < -0.3 is 9.47 Å². The van der Waals surface area contributed by atoms with Gasteiger partial charge in [0.2, 0.25) is 0 Å². The molecular formula is C21H27NO2. The van der Waals surface area contributed by atoms with Gasteiger partial charge in [-0.15, -0.1) is 0 Å². The van der Waals surface area contributed by atoms with Crippen LogP contribution in [0.25, 0.3) is 0 Å². The van der Waals surface area contributed by atoms with Crippen LogP contribution in [0.1, 0.15) is 42.5 Å². The number of hydrogen-bond acceptors (Lipinski definition) is 3. The second kappa shape index (κ2) is 7.71. The molecule has 1 heterocycles. The van der Waals surface area contributed by atoms with E-state index in [-0.39, 0.29) is 0 Å². The smallest absolute Gasteiger partial charge is 0.160 e. The highest BCUT2D eigenvalue weighted by Crippen LogP contribution is 2.29. The minimum Gasteiger partial charge on any atom is -0.493 e. The fourth-order valence-electron chi connectivity index (χ4n) is 3.48. The van der Waals surface area contributed by atoms with Gasteiger partial charge in [-0.25, -0.2) is 0 Å². The molecule has 0 radical (unpaired) electrons. The number of rotatable bonds is 6. The maximum atomic E-state index is 5.39. The molecule has 1 saturated heterocycles. The third-order valence-electron chi connectivity index (χ3n) is 5.01. The lowest BCUT2D eigenvalue weighted by atomic mass is 10.0. The van der Waals surface area contributed by atoms with Crippen LogP contribution in [-0.2, 0) is 6.42 Å². The van der Waals surface area contributed by atoms with Gasteiger partial charge in [-0.2, -0.15) is 0 Å². The highest BCUT2D eigenvalue weighted by molar-refractivity contribution is 5.44. The van der Waals surface area contributed by atoms with Crippen LogP contribution in [-0.4, -0.2) is 32.2 Å². The molecule has 3 rings (SSSR count). The molecule has 2 aromatic rings. The summed E-state index contributed by atoms with van der Waals surface area (Å²) < 4.78 is 10.7. The molecule has 3 heteroatoms. The average Bonchev–Trinajstić information content (AvgIpc) is 3.16. The van der Waals surface area contributed by atoms with E-state index in [9.17, 15) is 0 Å². The van der Waals surface area contributed by atoms with Crippen LogP contribution < -0.4 is 9.47 Å². The summed E-state index contributed by atoms with van der Waals surface area (Å²) in [5, 5.41) is 0. The Hall–Kier alpha value is -2.00. The summed E-state index contributed by atoms with van der Waals surface area (Å²) >= 11 is 0. The van der Waals surface area contributed by atoms with Crippen molar-refractivity contribution in [2.45, 2.75) is 32.2 Å². The Balaban J connectivity index is 1.69. The maximum absolute atomic E-state index is 5.39. The fraction of sp³-hybridized carbons (Fsp3) is 0.429. The van der Waals surface area contributed by atoms with E-state index in [0.29, 0.717) is 6.04 Å². The number of nitrogens with zero attached hydrogens (tertiary/aromatic N) is 1. The molecule has 0 amide bonds. The van der Waals surface area contributed by atoms with E-state index in [1.165, 1.54) is 42.6 Å². The van der Waals surface area contributed by atoms with Crippen molar-refractivity contribution in [3.05, 3.63) is 59.2 Å². The van der Waals surface area contributed by atoms with E-state index in [0.717, 1.165) is 17.9 Å². The zero-order valence-corrected chi connectivity index (χ0v) is 14.9. The first-order chi connectivity index (χ1) is 11.7. The van der Waals surface area contributed by atoms with Crippen LogP contribution in [0.5, 0.6) is 11.5 Å². The van der Waals surface area contributed by atoms with Crippen molar-refractivity contribution in [1.82, 2.24) is 4.90 Å². The summed E-state index contributed by atoms with van der Waals surface area (Å²) in [5.74, 6) is 1.56. The van der Waals surface area contributed by atoms with Crippen LogP contribution in [0.4, 0.5) is 0 Å². The van der Waals surface area contributed by atoms with Crippen LogP contribution in [0.15, 0.2) is 42.5 Å². The molecule has 3 nitrogen and oxygen atoms in total. The molecule has 1 aliphatic heterocycles. The van der Waals surface area contributed by atoms with E-state index in [1.54, 1.807) is 14.2 Å². The lowest BCUT2D eigenvalue weighted by Crippen LogP contribution is -2.23. The number of hydrogen-bond donors (Lipinski definition) is 0. The molecule has 0 N–H and O–H groups in total. The van der Waals surface area contributed by atoms with Crippen molar-refractivity contribution in [2.75, 3.05) is 27.3 Å². The molecule has 0 aromatic heterocycles. The molecule has 1 unspecified atom stereocenters. The van der Waals surface area contributed by atoms with Crippen molar-refractivity contribution in [2.24, 2.45) is 0 Å². The predicted molar refractivity (Wildman–Crippen MR) is 98.0 cm³/mol. The minimum atomic E-state index is 0.516. The second-order valence-electron chi connectivity index (χ2n) is 6.53. The predicted octanol–water partition coefficient (Wildman–Crippen LogP) is 4.45. The van der Waals surface area contributed by atoms with E-state index >= 15 is 0 Å². The van der Waals surface area contributed by atoms with Gasteiger partial charge >= 0.3 is 0 Å². The third kappa shape index (κ3) is 3.73. The van der Waals surface area contributed by atoms with Crippen molar-refractivity contribution in [3.63, 3.8) is 0 Å². The molecule has 2 aromatic carbocycles. The molecule has 128 valence electrons. The lowest BCUT2D eigenvalue weighted by molar-refractivity contribution is 0.263. The monoisotopic (exact) mass is 325 g/mol. The van der Waals surface area contributed by atoms with Crippen LogP contribution >= 0.6 is 0 Å². The maximum Gasteiger partial charge on any atom is 0.160 e. The molecule has 0 saturated carbocycles. The highest BCUT2D eigenvalue weighted by Gasteiger charge is 2.19. The number of benzene rings is 2. The average molecular weight is 325 g/mol. The Kier molecular flexibility index (Phi) is 5.41. The van der Waals surface area contributed by atoms with Crippen molar-refractivity contribution in [1.29, 1.82) is 0 Å². The molecule has 0 aliphatic carbocycles. The van der Waals surface area contributed by atoms with Gasteiger partial charge in [-0.3, -0.25) is 4.90 Å². The molecule has 24 heavy (non-hydrogen) atoms. The van der Waals surface area contributed by atoms with E-state index < -0.39 is 0 Å². The van der Waals surface area contributed by atoms with Crippen LogP contribution in [0.3, 0.4) is 0 Å². The Morgan fingerprint density at radius 2 is 1.50 bits per heavy atom. The molecule has 1 atom stereocenters. The molecule has 1 aliphatic rings. The minimum absolute atomic E-state index is 0.516. The molecule has 1 fully saturated rings. The SMILES string of the molecule is COc1ccc(Cc2ccc(C(C)N3CCCC3)cc2)cc1OC. The summed E-state index contributed by atoms with van der Waals surface area (Å²) in [4.78, 5) is 2.57. The Bertz CT molecular complexity index is 660. The summed E-state index contributed by atoms with van der Waals surface area (Å²) in [6, 6.07) is 15.7. The van der Waals surface area contributed by atoms with Crippen LogP contribution in [0, 0.1) is 0 Å². The highest BCUT2D eigenvalue weighted by atomic mass is 16.5. The van der Waals surface area contributed by atoms with Gasteiger partial charge in [0.1, 0.15) is 0 Å². The van der Waals surface area contributed by atoms with Gasteiger partial charge in [0.05, 0.1) is 14.2 Å². The summed E-state index contributed by atoms with van der Waals surface area (Å²) in [5.41, 5.74) is 3.96. The molecular weight excluding hydrogens is 298 g/mol. The first-order valence-corrected chi connectivity index (χ1v) is 8.75. The second-order valence-corrected chi connectivity index (χ2v) is 6.53. The van der Waals surface area contributed by atoms with E-state index in [2.05, 4.69) is 48.2 Å². The summed E-state index contributed by atoms with van der Waals surface area (Å²) in [6.07, 6.45) is 3.57. The Morgan fingerprint density at radius 1 is 0.875 bits per heavy atom. The molecule has 0 bridgehead atoms. The number of likely N-dealkylation sites (tertiary alicyclic amines) is 1. The van der Waals surface area contributed by atoms with Crippen LogP contribution in [0.2, 0.25) is 0 Å². The van der Waals surface area contributed by atoms with Gasteiger partial charge in [-0.05, 0) is 68.1 Å². The molecule has 0 spiro atoms. The van der Waals surface area contributed by atoms with Gasteiger partial charge in [-0.1, -0.05) is 30.3 Å². The van der Waals surface area contributed by atoms with Crippen molar-refractivity contribution in [3.8, 4) is 11.5 Å².